The Morgan fingerprint density at radius 3 is 2.67 bits per heavy atom. The molecular formula is C18H20O3. The van der Waals surface area contributed by atoms with Gasteiger partial charge in [-0.2, -0.15) is 0 Å². The van der Waals surface area contributed by atoms with Crippen molar-refractivity contribution in [3.63, 3.8) is 0 Å². The summed E-state index contributed by atoms with van der Waals surface area (Å²) in [5, 5.41) is 10.8. The average molecular weight is 284 g/mol. The molecule has 0 spiro atoms. The van der Waals surface area contributed by atoms with Crippen molar-refractivity contribution in [1.82, 2.24) is 0 Å². The molecule has 3 nitrogen and oxygen atoms in total. The molecule has 1 aliphatic heterocycles. The highest BCUT2D eigenvalue weighted by molar-refractivity contribution is 5.42. The van der Waals surface area contributed by atoms with E-state index in [0.717, 1.165) is 35.7 Å². The SMILES string of the molecule is COc1ccc(CC(C)(O)c2ccc3c(c2)CCO3)cc1. The van der Waals surface area contributed by atoms with Gasteiger partial charge >= 0.3 is 0 Å². The Morgan fingerprint density at radius 2 is 1.95 bits per heavy atom. The van der Waals surface area contributed by atoms with Crippen molar-refractivity contribution in [1.29, 1.82) is 0 Å². The van der Waals surface area contributed by atoms with Crippen molar-refractivity contribution in [3.05, 3.63) is 59.2 Å². The van der Waals surface area contributed by atoms with Gasteiger partial charge in [-0.1, -0.05) is 18.2 Å². The van der Waals surface area contributed by atoms with Gasteiger partial charge in [0.1, 0.15) is 11.5 Å². The van der Waals surface area contributed by atoms with Crippen LogP contribution < -0.4 is 9.47 Å². The highest BCUT2D eigenvalue weighted by Gasteiger charge is 2.25. The standard InChI is InChI=1S/C18H20O3/c1-18(19,12-13-3-6-16(20-2)7-4-13)15-5-8-17-14(11-15)9-10-21-17/h3-8,11,19H,9-10,12H2,1-2H3. The zero-order valence-corrected chi connectivity index (χ0v) is 12.4. The molecule has 3 heteroatoms. The van der Waals surface area contributed by atoms with E-state index in [4.69, 9.17) is 9.47 Å². The van der Waals surface area contributed by atoms with Crippen LogP contribution in [0, 0.1) is 0 Å². The first-order valence-electron chi connectivity index (χ1n) is 7.20. The number of aliphatic hydroxyl groups is 1. The second-order valence-corrected chi connectivity index (χ2v) is 5.72. The summed E-state index contributed by atoms with van der Waals surface area (Å²) < 4.78 is 10.7. The van der Waals surface area contributed by atoms with E-state index in [1.807, 2.05) is 43.3 Å². The molecule has 1 atom stereocenters. The van der Waals surface area contributed by atoms with Gasteiger partial charge in [0, 0.05) is 12.8 Å². The molecule has 110 valence electrons. The molecule has 0 aliphatic carbocycles. The first-order valence-corrected chi connectivity index (χ1v) is 7.20. The molecule has 2 aromatic carbocycles. The Morgan fingerprint density at radius 1 is 1.19 bits per heavy atom. The monoisotopic (exact) mass is 284 g/mol. The third kappa shape index (κ3) is 2.88. The van der Waals surface area contributed by atoms with Crippen molar-refractivity contribution in [2.75, 3.05) is 13.7 Å². The average Bonchev–Trinajstić information content (AvgIpc) is 2.95. The summed E-state index contributed by atoms with van der Waals surface area (Å²) in [4.78, 5) is 0. The quantitative estimate of drug-likeness (QED) is 0.937. The lowest BCUT2D eigenvalue weighted by Gasteiger charge is -2.24. The van der Waals surface area contributed by atoms with E-state index in [9.17, 15) is 5.11 Å². The Bertz CT molecular complexity index is 629. The summed E-state index contributed by atoms with van der Waals surface area (Å²) in [6.45, 7) is 2.59. The summed E-state index contributed by atoms with van der Waals surface area (Å²) in [6.07, 6.45) is 1.48. The normalized spacial score (nSPS) is 16.0. The smallest absolute Gasteiger partial charge is 0.122 e. The largest absolute Gasteiger partial charge is 0.497 e. The first-order chi connectivity index (χ1) is 10.1. The van der Waals surface area contributed by atoms with Gasteiger partial charge < -0.3 is 14.6 Å². The molecule has 0 bridgehead atoms. The predicted molar refractivity (Wildman–Crippen MR) is 81.9 cm³/mol. The van der Waals surface area contributed by atoms with E-state index in [2.05, 4.69) is 6.07 Å². The second-order valence-electron chi connectivity index (χ2n) is 5.72. The fourth-order valence-corrected chi connectivity index (χ4v) is 2.76. The van der Waals surface area contributed by atoms with Gasteiger partial charge in [0.15, 0.2) is 0 Å². The number of ether oxygens (including phenoxy) is 2. The van der Waals surface area contributed by atoms with Crippen LogP contribution in [-0.4, -0.2) is 18.8 Å². The van der Waals surface area contributed by atoms with Crippen molar-refractivity contribution in [3.8, 4) is 11.5 Å². The molecule has 1 heterocycles. The van der Waals surface area contributed by atoms with Crippen LogP contribution in [0.15, 0.2) is 42.5 Å². The number of rotatable bonds is 4. The molecule has 1 aliphatic rings. The van der Waals surface area contributed by atoms with Crippen LogP contribution in [0.5, 0.6) is 11.5 Å². The zero-order valence-electron chi connectivity index (χ0n) is 12.4. The molecular weight excluding hydrogens is 264 g/mol. The van der Waals surface area contributed by atoms with Gasteiger partial charge in [0.2, 0.25) is 0 Å². The highest BCUT2D eigenvalue weighted by Crippen LogP contribution is 2.32. The minimum Gasteiger partial charge on any atom is -0.497 e. The molecule has 1 unspecified atom stereocenters. The fraction of sp³-hybridized carbons (Fsp3) is 0.333. The van der Waals surface area contributed by atoms with Gasteiger partial charge in [-0.05, 0) is 47.9 Å². The maximum Gasteiger partial charge on any atom is 0.122 e. The van der Waals surface area contributed by atoms with Gasteiger partial charge in [-0.3, -0.25) is 0 Å². The third-order valence-electron chi connectivity index (χ3n) is 4.02. The lowest BCUT2D eigenvalue weighted by atomic mass is 9.88. The van der Waals surface area contributed by atoms with E-state index in [1.165, 1.54) is 5.56 Å². The summed E-state index contributed by atoms with van der Waals surface area (Å²) in [5.74, 6) is 1.77. The fourth-order valence-electron chi connectivity index (χ4n) is 2.76. The van der Waals surface area contributed by atoms with Crippen molar-refractivity contribution in [2.45, 2.75) is 25.4 Å². The number of fused-ring (bicyclic) bond motifs is 1. The van der Waals surface area contributed by atoms with E-state index < -0.39 is 5.60 Å². The Hall–Kier alpha value is -2.00. The summed E-state index contributed by atoms with van der Waals surface area (Å²) in [5.41, 5.74) is 2.30. The topological polar surface area (TPSA) is 38.7 Å². The van der Waals surface area contributed by atoms with E-state index in [1.54, 1.807) is 7.11 Å². The minimum atomic E-state index is -0.897. The van der Waals surface area contributed by atoms with E-state index >= 15 is 0 Å². The van der Waals surface area contributed by atoms with Gasteiger partial charge in [0.05, 0.1) is 19.3 Å². The highest BCUT2D eigenvalue weighted by atomic mass is 16.5. The maximum absolute atomic E-state index is 10.8. The first kappa shape index (κ1) is 14.0. The number of benzene rings is 2. The molecule has 0 saturated heterocycles. The lowest BCUT2D eigenvalue weighted by molar-refractivity contribution is 0.0575. The molecule has 0 aromatic heterocycles. The van der Waals surface area contributed by atoms with Crippen molar-refractivity contribution >= 4 is 0 Å². The molecule has 0 saturated carbocycles. The molecule has 0 radical (unpaired) electrons. The maximum atomic E-state index is 10.8. The van der Waals surface area contributed by atoms with E-state index in [-0.39, 0.29) is 0 Å². The number of hydrogen-bond acceptors (Lipinski definition) is 3. The van der Waals surface area contributed by atoms with Crippen molar-refractivity contribution in [2.24, 2.45) is 0 Å². The lowest BCUT2D eigenvalue weighted by Crippen LogP contribution is -2.24. The Labute approximate surface area is 125 Å². The van der Waals surface area contributed by atoms with Gasteiger partial charge in [-0.25, -0.2) is 0 Å². The Balaban J connectivity index is 1.82. The number of hydrogen-bond donors (Lipinski definition) is 1. The zero-order chi connectivity index (χ0) is 14.9. The van der Waals surface area contributed by atoms with Crippen LogP contribution >= 0.6 is 0 Å². The van der Waals surface area contributed by atoms with Crippen LogP contribution in [0.1, 0.15) is 23.6 Å². The second kappa shape index (κ2) is 5.41. The molecule has 0 fully saturated rings. The van der Waals surface area contributed by atoms with Crippen LogP contribution in [0.2, 0.25) is 0 Å². The summed E-state index contributed by atoms with van der Waals surface area (Å²) in [7, 11) is 1.65. The van der Waals surface area contributed by atoms with Crippen LogP contribution in [0.3, 0.4) is 0 Å². The molecule has 3 rings (SSSR count). The minimum absolute atomic E-state index is 0.566. The molecule has 21 heavy (non-hydrogen) atoms. The molecule has 1 N–H and O–H groups in total. The summed E-state index contributed by atoms with van der Waals surface area (Å²) >= 11 is 0. The van der Waals surface area contributed by atoms with Gasteiger partial charge in [0.25, 0.3) is 0 Å². The predicted octanol–water partition coefficient (Wildman–Crippen LogP) is 3.08. The van der Waals surface area contributed by atoms with Crippen LogP contribution in [0.4, 0.5) is 0 Å². The Kier molecular flexibility index (Phi) is 3.60. The number of methoxy groups -OCH3 is 1. The van der Waals surface area contributed by atoms with Crippen molar-refractivity contribution < 1.29 is 14.6 Å². The summed E-state index contributed by atoms with van der Waals surface area (Å²) in [6, 6.07) is 13.8. The van der Waals surface area contributed by atoms with Crippen LogP contribution in [-0.2, 0) is 18.4 Å². The van der Waals surface area contributed by atoms with E-state index in [0.29, 0.717) is 6.42 Å². The molecule has 0 amide bonds. The third-order valence-corrected chi connectivity index (χ3v) is 4.02. The van der Waals surface area contributed by atoms with Gasteiger partial charge in [-0.15, -0.1) is 0 Å². The van der Waals surface area contributed by atoms with Crippen LogP contribution in [0.25, 0.3) is 0 Å². The molecule has 2 aromatic rings.